The van der Waals surface area contributed by atoms with Crippen molar-refractivity contribution in [1.82, 2.24) is 0 Å². The molecular weight excluding hydrogens is 184 g/mol. The summed E-state index contributed by atoms with van der Waals surface area (Å²) >= 11 is 0. The Morgan fingerprint density at radius 3 is 2.27 bits per heavy atom. The summed E-state index contributed by atoms with van der Waals surface area (Å²) < 4.78 is 5.97. The Kier molecular flexibility index (Phi) is 2.59. The fraction of sp³-hybridized carbons (Fsp3) is 0.500. The van der Waals surface area contributed by atoms with Gasteiger partial charge in [0.1, 0.15) is 0 Å². The predicted molar refractivity (Wildman–Crippen MR) is 62.7 cm³/mol. The second-order valence-electron chi connectivity index (χ2n) is 5.30. The first kappa shape index (κ1) is 10.7. The molecule has 0 spiro atoms. The molecule has 1 aromatic carbocycles. The summed E-state index contributed by atoms with van der Waals surface area (Å²) in [5, 5.41) is 0. The number of rotatable bonds is 2. The van der Waals surface area contributed by atoms with Crippen molar-refractivity contribution in [1.29, 1.82) is 0 Å². The molecule has 1 nitrogen and oxygen atoms in total. The topological polar surface area (TPSA) is 9.23 Å². The molecule has 15 heavy (non-hydrogen) atoms. The van der Waals surface area contributed by atoms with Gasteiger partial charge in [0.25, 0.3) is 0 Å². The third kappa shape index (κ3) is 2.40. The molecule has 0 unspecified atom stereocenters. The zero-order valence-corrected chi connectivity index (χ0v) is 9.73. The van der Waals surface area contributed by atoms with Crippen LogP contribution in [0.1, 0.15) is 32.3 Å². The van der Waals surface area contributed by atoms with Gasteiger partial charge in [0.15, 0.2) is 0 Å². The smallest absolute Gasteiger partial charge is 0.0689 e. The van der Waals surface area contributed by atoms with Gasteiger partial charge in [-0.15, -0.1) is 0 Å². The standard InChI is InChI=1S/C14H19O/c1-10-12(11-8-6-5-7-9-11)13(10)15-14(2,3)4/h5-10,12-13H,1H2,2-4H3/t10-,12+,13+/m0/s1. The Morgan fingerprint density at radius 2 is 1.73 bits per heavy atom. The molecule has 2 rings (SSSR count). The fourth-order valence-corrected chi connectivity index (χ4v) is 2.02. The first-order chi connectivity index (χ1) is 6.99. The van der Waals surface area contributed by atoms with E-state index in [2.05, 4.69) is 52.0 Å². The van der Waals surface area contributed by atoms with Crippen LogP contribution < -0.4 is 0 Å². The van der Waals surface area contributed by atoms with Crippen molar-refractivity contribution in [2.24, 2.45) is 5.92 Å². The molecule has 1 heteroatoms. The third-order valence-electron chi connectivity index (χ3n) is 2.77. The largest absolute Gasteiger partial charge is 0.372 e. The highest BCUT2D eigenvalue weighted by Gasteiger charge is 2.50. The van der Waals surface area contributed by atoms with Crippen molar-refractivity contribution >= 4 is 0 Å². The number of hydrogen-bond acceptors (Lipinski definition) is 1. The molecule has 81 valence electrons. The number of hydrogen-bond donors (Lipinski definition) is 0. The van der Waals surface area contributed by atoms with E-state index in [9.17, 15) is 0 Å². The maximum absolute atomic E-state index is 5.97. The van der Waals surface area contributed by atoms with E-state index in [0.717, 1.165) is 0 Å². The van der Waals surface area contributed by atoms with Gasteiger partial charge in [-0.05, 0) is 39.2 Å². The molecule has 1 radical (unpaired) electrons. The molecule has 1 aliphatic rings. The van der Waals surface area contributed by atoms with Crippen LogP contribution in [0.25, 0.3) is 0 Å². The van der Waals surface area contributed by atoms with Gasteiger partial charge < -0.3 is 4.74 Å². The van der Waals surface area contributed by atoms with Crippen molar-refractivity contribution in [2.45, 2.75) is 38.4 Å². The van der Waals surface area contributed by atoms with Gasteiger partial charge in [0.05, 0.1) is 11.7 Å². The summed E-state index contributed by atoms with van der Waals surface area (Å²) in [7, 11) is 0. The molecule has 0 saturated heterocycles. The Bertz CT molecular complexity index is 323. The quantitative estimate of drug-likeness (QED) is 0.715. The lowest BCUT2D eigenvalue weighted by Gasteiger charge is -2.19. The van der Waals surface area contributed by atoms with E-state index in [1.165, 1.54) is 5.56 Å². The van der Waals surface area contributed by atoms with Crippen LogP contribution in [0.5, 0.6) is 0 Å². The first-order valence-corrected chi connectivity index (χ1v) is 5.55. The van der Waals surface area contributed by atoms with E-state index in [1.54, 1.807) is 0 Å². The SMILES string of the molecule is [CH2][C@@H]1[C@@H](OC(C)(C)C)[C@H]1c1ccccc1. The highest BCUT2D eigenvalue weighted by atomic mass is 16.5. The van der Waals surface area contributed by atoms with Gasteiger partial charge in [-0.25, -0.2) is 0 Å². The van der Waals surface area contributed by atoms with Crippen molar-refractivity contribution in [3.63, 3.8) is 0 Å². The van der Waals surface area contributed by atoms with E-state index < -0.39 is 0 Å². The number of benzene rings is 1. The Morgan fingerprint density at radius 1 is 1.13 bits per heavy atom. The molecule has 1 aromatic rings. The summed E-state index contributed by atoms with van der Waals surface area (Å²) in [4.78, 5) is 0. The van der Waals surface area contributed by atoms with Crippen molar-refractivity contribution < 1.29 is 4.74 Å². The molecular formula is C14H19O. The summed E-state index contributed by atoms with van der Waals surface area (Å²) in [6.45, 7) is 10.4. The predicted octanol–water partition coefficient (Wildman–Crippen LogP) is 3.42. The second-order valence-corrected chi connectivity index (χ2v) is 5.30. The van der Waals surface area contributed by atoms with Gasteiger partial charge in [-0.1, -0.05) is 30.3 Å². The third-order valence-corrected chi connectivity index (χ3v) is 2.77. The zero-order valence-electron chi connectivity index (χ0n) is 9.73. The van der Waals surface area contributed by atoms with Gasteiger partial charge in [-0.3, -0.25) is 0 Å². The molecule has 3 atom stereocenters. The Balaban J connectivity index is 2.03. The molecule has 0 amide bonds. The maximum Gasteiger partial charge on any atom is 0.0689 e. The lowest BCUT2D eigenvalue weighted by Crippen LogP contribution is -2.21. The van der Waals surface area contributed by atoms with Crippen LogP contribution in [0, 0.1) is 12.8 Å². The van der Waals surface area contributed by atoms with E-state index in [4.69, 9.17) is 4.74 Å². The highest BCUT2D eigenvalue weighted by Crippen LogP contribution is 2.50. The monoisotopic (exact) mass is 203 g/mol. The first-order valence-electron chi connectivity index (χ1n) is 5.55. The van der Waals surface area contributed by atoms with Crippen LogP contribution in [0.2, 0.25) is 0 Å². The Labute approximate surface area is 92.5 Å². The molecule has 0 aromatic heterocycles. The maximum atomic E-state index is 5.97. The second kappa shape index (κ2) is 3.64. The van der Waals surface area contributed by atoms with E-state index >= 15 is 0 Å². The van der Waals surface area contributed by atoms with E-state index in [-0.39, 0.29) is 5.60 Å². The van der Waals surface area contributed by atoms with Gasteiger partial charge in [-0.2, -0.15) is 0 Å². The van der Waals surface area contributed by atoms with Crippen molar-refractivity contribution in [3.8, 4) is 0 Å². The van der Waals surface area contributed by atoms with Crippen LogP contribution in [0.3, 0.4) is 0 Å². The molecule has 1 saturated carbocycles. The normalized spacial score (nSPS) is 30.3. The van der Waals surface area contributed by atoms with Gasteiger partial charge >= 0.3 is 0 Å². The molecule has 0 bridgehead atoms. The van der Waals surface area contributed by atoms with E-state index in [0.29, 0.717) is 17.9 Å². The highest BCUT2D eigenvalue weighted by molar-refractivity contribution is 5.30. The van der Waals surface area contributed by atoms with Crippen LogP contribution in [-0.4, -0.2) is 11.7 Å². The molecule has 0 N–H and O–H groups in total. The van der Waals surface area contributed by atoms with Crippen LogP contribution >= 0.6 is 0 Å². The minimum Gasteiger partial charge on any atom is -0.372 e. The molecule has 0 aliphatic heterocycles. The molecule has 1 fully saturated rings. The minimum absolute atomic E-state index is 0.0653. The summed E-state index contributed by atoms with van der Waals surface area (Å²) in [5.74, 6) is 0.900. The van der Waals surface area contributed by atoms with Crippen LogP contribution in [-0.2, 0) is 4.74 Å². The Hall–Kier alpha value is -0.820. The summed E-state index contributed by atoms with van der Waals surface area (Å²) in [5.41, 5.74) is 1.29. The van der Waals surface area contributed by atoms with E-state index in [1.807, 2.05) is 6.07 Å². The fourth-order valence-electron chi connectivity index (χ4n) is 2.02. The molecule has 0 heterocycles. The van der Waals surface area contributed by atoms with Gasteiger partial charge in [0.2, 0.25) is 0 Å². The lowest BCUT2D eigenvalue weighted by atomic mass is 10.1. The van der Waals surface area contributed by atoms with Crippen molar-refractivity contribution in [3.05, 3.63) is 42.8 Å². The average Bonchev–Trinajstić information content (AvgIpc) is 2.75. The minimum atomic E-state index is -0.0653. The zero-order chi connectivity index (χ0) is 11.1. The summed E-state index contributed by atoms with van der Waals surface area (Å²) in [6.07, 6.45) is 0.299. The lowest BCUT2D eigenvalue weighted by molar-refractivity contribution is -0.0215. The summed E-state index contributed by atoms with van der Waals surface area (Å²) in [6, 6.07) is 10.5. The van der Waals surface area contributed by atoms with Crippen LogP contribution in [0.15, 0.2) is 30.3 Å². The van der Waals surface area contributed by atoms with Gasteiger partial charge in [0, 0.05) is 5.92 Å². The molecule has 1 aliphatic carbocycles. The average molecular weight is 203 g/mol. The number of ether oxygens (including phenoxy) is 1. The van der Waals surface area contributed by atoms with Crippen LogP contribution in [0.4, 0.5) is 0 Å². The van der Waals surface area contributed by atoms with Crippen molar-refractivity contribution in [2.75, 3.05) is 0 Å².